The van der Waals surface area contributed by atoms with E-state index < -0.39 is 0 Å². The van der Waals surface area contributed by atoms with Crippen LogP contribution in [0.5, 0.6) is 0 Å². The number of nitrogens with zero attached hydrogens (tertiary/aromatic N) is 3. The van der Waals surface area contributed by atoms with Crippen molar-refractivity contribution in [3.63, 3.8) is 0 Å². The van der Waals surface area contributed by atoms with Crippen LogP contribution in [0, 0.1) is 0 Å². The number of benzene rings is 7. The van der Waals surface area contributed by atoms with Gasteiger partial charge in [0.15, 0.2) is 17.5 Å². The van der Waals surface area contributed by atoms with E-state index in [0.717, 1.165) is 93.3 Å². The number of hydrogen-bond donors (Lipinski definition) is 0. The maximum absolute atomic E-state index is 6.52. The first kappa shape index (κ1) is 32.3. The fraction of sp³-hybridized carbons (Fsp3) is 0.0200. The zero-order chi connectivity index (χ0) is 36.9. The summed E-state index contributed by atoms with van der Waals surface area (Å²) in [6, 6.07) is 54.1. The molecule has 0 saturated carbocycles. The second-order valence-corrected chi connectivity index (χ2v) is 13.6. The van der Waals surface area contributed by atoms with Gasteiger partial charge in [-0.25, -0.2) is 15.0 Å². The number of aromatic nitrogens is 3. The van der Waals surface area contributed by atoms with Gasteiger partial charge in [-0.1, -0.05) is 134 Å². The largest absolute Gasteiger partial charge is 0.456 e. The third kappa shape index (κ3) is 5.61. The van der Waals surface area contributed by atoms with E-state index in [1.165, 1.54) is 0 Å². The molecule has 3 heterocycles. The topological polar surface area (TPSA) is 65.0 Å². The molecule has 10 rings (SSSR count). The molecule has 0 radical (unpaired) electrons. The van der Waals surface area contributed by atoms with Crippen LogP contribution in [0.1, 0.15) is 12.7 Å². The molecule has 0 aliphatic heterocycles. The lowest BCUT2D eigenvalue weighted by molar-refractivity contribution is 0.574. The second-order valence-electron chi connectivity index (χ2n) is 13.6. The van der Waals surface area contributed by atoms with E-state index in [1.54, 1.807) is 0 Å². The third-order valence-electron chi connectivity index (χ3n) is 10.3. The van der Waals surface area contributed by atoms with Gasteiger partial charge in [-0.05, 0) is 82.4 Å². The van der Waals surface area contributed by atoms with Gasteiger partial charge in [-0.2, -0.15) is 0 Å². The van der Waals surface area contributed by atoms with Gasteiger partial charge in [0, 0.05) is 38.1 Å². The highest BCUT2D eigenvalue weighted by Gasteiger charge is 2.18. The van der Waals surface area contributed by atoms with Crippen molar-refractivity contribution in [2.24, 2.45) is 0 Å². The molecular weight excluding hydrogens is 675 g/mol. The van der Waals surface area contributed by atoms with E-state index >= 15 is 0 Å². The predicted molar refractivity (Wildman–Crippen MR) is 225 cm³/mol. The van der Waals surface area contributed by atoms with Gasteiger partial charge in [0.2, 0.25) is 0 Å². The lowest BCUT2D eigenvalue weighted by atomic mass is 9.96. The quantitative estimate of drug-likeness (QED) is 0.172. The van der Waals surface area contributed by atoms with Crippen LogP contribution < -0.4 is 10.6 Å². The lowest BCUT2D eigenvalue weighted by Gasteiger charge is -2.10. The Morgan fingerprint density at radius 1 is 0.509 bits per heavy atom. The highest BCUT2D eigenvalue weighted by Crippen LogP contribution is 2.39. The zero-order valence-electron chi connectivity index (χ0n) is 30.0. The van der Waals surface area contributed by atoms with Gasteiger partial charge in [0.25, 0.3) is 0 Å². The standard InChI is InChI=1S/C50H33N3O2/c1-3-38(50-52-48(33-17-9-6-10-18-33)51-49(53-50)37-23-22-32-16-11-12-19-34(32)28-37)46-41-30-36(25-27-43(41)54-42(46)4-2)39-20-13-21-45-47(39)40-29-35(24-26-44(40)55-45)31-14-7-5-8-15-31/h3-30H,1H2,2H3/b42-4+,46-38+. The maximum atomic E-state index is 6.52. The Hall–Kier alpha value is -7.37. The van der Waals surface area contributed by atoms with Crippen LogP contribution in [-0.4, -0.2) is 15.0 Å². The zero-order valence-corrected chi connectivity index (χ0v) is 30.0. The smallest absolute Gasteiger partial charge is 0.164 e. The normalized spacial score (nSPS) is 12.6. The van der Waals surface area contributed by atoms with Crippen molar-refractivity contribution in [3.05, 3.63) is 187 Å². The molecule has 7 aromatic carbocycles. The van der Waals surface area contributed by atoms with Crippen LogP contribution in [0.25, 0.3) is 100 Å². The minimum absolute atomic E-state index is 0.514. The summed E-state index contributed by atoms with van der Waals surface area (Å²) in [5.41, 5.74) is 10.1. The van der Waals surface area contributed by atoms with Crippen LogP contribution in [-0.2, 0) is 0 Å². The molecule has 10 aromatic rings. The summed E-state index contributed by atoms with van der Waals surface area (Å²) in [5, 5.41) is 6.22. The Balaban J connectivity index is 1.21. The van der Waals surface area contributed by atoms with Gasteiger partial charge in [0.05, 0.1) is 0 Å². The van der Waals surface area contributed by atoms with Crippen LogP contribution in [0.3, 0.4) is 0 Å². The van der Waals surface area contributed by atoms with Gasteiger partial charge in [-0.3, -0.25) is 0 Å². The first-order chi connectivity index (χ1) is 27.1. The Morgan fingerprint density at radius 3 is 1.93 bits per heavy atom. The van der Waals surface area contributed by atoms with E-state index in [1.807, 2.05) is 79.7 Å². The molecule has 260 valence electrons. The molecule has 0 unspecified atom stereocenters. The van der Waals surface area contributed by atoms with Crippen molar-refractivity contribution >= 4 is 55.3 Å². The first-order valence-corrected chi connectivity index (χ1v) is 18.3. The summed E-state index contributed by atoms with van der Waals surface area (Å²) < 4.78 is 12.9. The number of furan rings is 2. The van der Waals surface area contributed by atoms with Gasteiger partial charge in [0.1, 0.15) is 22.2 Å². The summed E-state index contributed by atoms with van der Waals surface area (Å²) >= 11 is 0. The number of fused-ring (bicyclic) bond motifs is 5. The van der Waals surface area contributed by atoms with Crippen molar-refractivity contribution in [2.75, 3.05) is 0 Å². The molecule has 0 amide bonds. The summed E-state index contributed by atoms with van der Waals surface area (Å²) in [7, 11) is 0. The average Bonchev–Trinajstić information content (AvgIpc) is 3.82. The second kappa shape index (κ2) is 13.2. The van der Waals surface area contributed by atoms with Gasteiger partial charge in [-0.15, -0.1) is 0 Å². The number of allylic oxidation sites excluding steroid dienone is 1. The molecule has 0 saturated heterocycles. The van der Waals surface area contributed by atoms with Crippen LogP contribution in [0.4, 0.5) is 0 Å². The molecular formula is C50H33N3O2. The minimum Gasteiger partial charge on any atom is -0.456 e. The van der Waals surface area contributed by atoms with Crippen molar-refractivity contribution in [3.8, 4) is 45.0 Å². The molecule has 0 aliphatic carbocycles. The lowest BCUT2D eigenvalue weighted by Crippen LogP contribution is -2.24. The molecule has 0 bridgehead atoms. The summed E-state index contributed by atoms with van der Waals surface area (Å²) in [6.45, 7) is 6.28. The van der Waals surface area contributed by atoms with E-state index in [4.69, 9.17) is 23.8 Å². The highest BCUT2D eigenvalue weighted by molar-refractivity contribution is 6.13. The van der Waals surface area contributed by atoms with E-state index in [-0.39, 0.29) is 0 Å². The maximum Gasteiger partial charge on any atom is 0.164 e. The predicted octanol–water partition coefficient (Wildman–Crippen LogP) is 11.5. The fourth-order valence-corrected chi connectivity index (χ4v) is 7.62. The van der Waals surface area contributed by atoms with E-state index in [9.17, 15) is 0 Å². The monoisotopic (exact) mass is 707 g/mol. The molecule has 5 nitrogen and oxygen atoms in total. The SMILES string of the molecule is C=C/C(c1nc(-c2ccccc2)nc(-c2ccc3ccccc3c2)n1)=c1\c(=C/C)oc2ccc(-c3cccc4oc5ccc(-c6ccccc6)cc5c34)cc12. The van der Waals surface area contributed by atoms with Crippen molar-refractivity contribution in [1.29, 1.82) is 0 Å². The number of hydrogen-bond acceptors (Lipinski definition) is 5. The van der Waals surface area contributed by atoms with Gasteiger partial charge < -0.3 is 8.83 Å². The van der Waals surface area contributed by atoms with Crippen molar-refractivity contribution in [1.82, 2.24) is 15.0 Å². The molecule has 0 atom stereocenters. The first-order valence-electron chi connectivity index (χ1n) is 18.3. The van der Waals surface area contributed by atoms with Gasteiger partial charge >= 0.3 is 0 Å². The molecule has 55 heavy (non-hydrogen) atoms. The molecule has 0 spiro atoms. The molecule has 5 heteroatoms. The van der Waals surface area contributed by atoms with Crippen LogP contribution in [0.2, 0.25) is 0 Å². The minimum atomic E-state index is 0.514. The third-order valence-corrected chi connectivity index (χ3v) is 10.3. The van der Waals surface area contributed by atoms with Crippen molar-refractivity contribution < 1.29 is 8.83 Å². The average molecular weight is 708 g/mol. The molecule has 0 aliphatic rings. The number of rotatable bonds is 6. The highest BCUT2D eigenvalue weighted by atomic mass is 16.3. The Labute approximate surface area is 316 Å². The Kier molecular flexibility index (Phi) is 7.77. The molecule has 0 fully saturated rings. The van der Waals surface area contributed by atoms with Crippen LogP contribution >= 0.6 is 0 Å². The summed E-state index contributed by atoms with van der Waals surface area (Å²) in [4.78, 5) is 15.2. The van der Waals surface area contributed by atoms with Crippen molar-refractivity contribution in [2.45, 2.75) is 6.92 Å². The summed E-state index contributed by atoms with van der Waals surface area (Å²) in [5.74, 6) is 1.68. The Bertz CT molecular complexity index is 3230. The fourth-order valence-electron chi connectivity index (χ4n) is 7.62. The summed E-state index contributed by atoms with van der Waals surface area (Å²) in [6.07, 6.45) is 3.81. The van der Waals surface area contributed by atoms with Crippen LogP contribution in [0.15, 0.2) is 179 Å². The van der Waals surface area contributed by atoms with E-state index in [0.29, 0.717) is 17.5 Å². The molecule has 3 aromatic heterocycles. The molecule has 0 N–H and O–H groups in total. The Morgan fingerprint density at radius 2 is 1.16 bits per heavy atom. The van der Waals surface area contributed by atoms with E-state index in [2.05, 4.69) is 104 Å².